The first-order valence-electron chi connectivity index (χ1n) is 9.36. The number of hydrogen-bond acceptors (Lipinski definition) is 4. The van der Waals surface area contributed by atoms with E-state index in [-0.39, 0.29) is 11.9 Å². The number of carbonyl (C=O) groups is 2. The van der Waals surface area contributed by atoms with Crippen LogP contribution in [0.4, 0.5) is 10.5 Å². The maximum absolute atomic E-state index is 12.5. The van der Waals surface area contributed by atoms with Crippen molar-refractivity contribution in [2.75, 3.05) is 26.0 Å². The second-order valence-corrected chi connectivity index (χ2v) is 8.32. The van der Waals surface area contributed by atoms with Crippen LogP contribution < -0.4 is 10.6 Å². The Kier molecular flexibility index (Phi) is 7.65. The van der Waals surface area contributed by atoms with Crippen LogP contribution in [0.25, 0.3) is 0 Å². The van der Waals surface area contributed by atoms with E-state index in [1.54, 1.807) is 45.0 Å². The Morgan fingerprint density at radius 1 is 1.07 bits per heavy atom. The van der Waals surface area contributed by atoms with Crippen LogP contribution in [0.3, 0.4) is 0 Å². The number of nitrogens with zero attached hydrogens (tertiary/aromatic N) is 1. The highest BCUT2D eigenvalue weighted by Crippen LogP contribution is 2.25. The molecular weight excluding hydrogens is 390 g/mol. The summed E-state index contributed by atoms with van der Waals surface area (Å²) in [5.41, 5.74) is 1.43. The second kappa shape index (κ2) is 9.76. The SMILES string of the molecule is CN(C)C(CNC(=O)c1ccc(NC(=O)OC(C)(C)C)cc1)c1ccccc1Cl. The van der Waals surface area contributed by atoms with Gasteiger partial charge in [0, 0.05) is 22.8 Å². The fourth-order valence-corrected chi connectivity index (χ4v) is 3.00. The van der Waals surface area contributed by atoms with Gasteiger partial charge in [0.05, 0.1) is 6.04 Å². The third-order valence-corrected chi connectivity index (χ3v) is 4.48. The molecule has 0 aliphatic heterocycles. The molecule has 7 heteroatoms. The standard InChI is InChI=1S/C22H28ClN3O3/c1-22(2,3)29-21(28)25-16-12-10-15(11-13-16)20(27)24-14-19(26(4)5)17-8-6-7-9-18(17)23/h6-13,19H,14H2,1-5H3,(H,24,27)(H,25,28). The van der Waals surface area contributed by atoms with Crippen LogP contribution >= 0.6 is 11.6 Å². The molecule has 0 saturated carbocycles. The third-order valence-electron chi connectivity index (χ3n) is 4.14. The van der Waals surface area contributed by atoms with Crippen molar-refractivity contribution in [2.45, 2.75) is 32.4 Å². The van der Waals surface area contributed by atoms with Crippen LogP contribution in [0.5, 0.6) is 0 Å². The van der Waals surface area contributed by atoms with E-state index >= 15 is 0 Å². The van der Waals surface area contributed by atoms with Gasteiger partial charge in [0.15, 0.2) is 0 Å². The maximum atomic E-state index is 12.5. The predicted octanol–water partition coefficient (Wildman–Crippen LogP) is 4.72. The van der Waals surface area contributed by atoms with E-state index < -0.39 is 11.7 Å². The van der Waals surface area contributed by atoms with Gasteiger partial charge in [0.1, 0.15) is 5.60 Å². The molecule has 29 heavy (non-hydrogen) atoms. The Morgan fingerprint density at radius 3 is 2.24 bits per heavy atom. The minimum absolute atomic E-state index is 0.0549. The van der Waals surface area contributed by atoms with Gasteiger partial charge < -0.3 is 15.0 Å². The molecule has 0 saturated heterocycles. The summed E-state index contributed by atoms with van der Waals surface area (Å²) in [4.78, 5) is 26.4. The molecule has 1 unspecified atom stereocenters. The lowest BCUT2D eigenvalue weighted by Gasteiger charge is -2.26. The summed E-state index contributed by atoms with van der Waals surface area (Å²) in [6, 6.07) is 14.2. The minimum Gasteiger partial charge on any atom is -0.444 e. The molecule has 0 heterocycles. The van der Waals surface area contributed by atoms with E-state index in [0.29, 0.717) is 22.8 Å². The van der Waals surface area contributed by atoms with E-state index in [9.17, 15) is 9.59 Å². The number of carbonyl (C=O) groups excluding carboxylic acids is 2. The molecule has 1 atom stereocenters. The molecule has 2 aromatic carbocycles. The van der Waals surface area contributed by atoms with E-state index in [1.807, 2.05) is 43.3 Å². The number of benzene rings is 2. The summed E-state index contributed by atoms with van der Waals surface area (Å²) in [6.45, 7) is 5.80. The Morgan fingerprint density at radius 2 is 1.69 bits per heavy atom. The van der Waals surface area contributed by atoms with Crippen molar-refractivity contribution in [3.63, 3.8) is 0 Å². The molecule has 0 radical (unpaired) electrons. The molecule has 0 aromatic heterocycles. The van der Waals surface area contributed by atoms with Crippen molar-refractivity contribution in [1.82, 2.24) is 10.2 Å². The first-order chi connectivity index (χ1) is 13.6. The molecule has 6 nitrogen and oxygen atoms in total. The zero-order chi connectivity index (χ0) is 21.6. The van der Waals surface area contributed by atoms with Crippen LogP contribution in [0.15, 0.2) is 48.5 Å². The third kappa shape index (κ3) is 7.07. The van der Waals surface area contributed by atoms with Crippen molar-refractivity contribution in [3.05, 3.63) is 64.7 Å². The number of ether oxygens (including phenoxy) is 1. The maximum Gasteiger partial charge on any atom is 0.412 e. The van der Waals surface area contributed by atoms with Gasteiger partial charge in [-0.25, -0.2) is 4.79 Å². The van der Waals surface area contributed by atoms with Crippen LogP contribution in [0.1, 0.15) is 42.7 Å². The van der Waals surface area contributed by atoms with Gasteiger partial charge in [-0.3, -0.25) is 10.1 Å². The number of nitrogens with one attached hydrogen (secondary N) is 2. The normalized spacial score (nSPS) is 12.4. The highest BCUT2D eigenvalue weighted by molar-refractivity contribution is 6.31. The molecule has 0 bridgehead atoms. The van der Waals surface area contributed by atoms with Gasteiger partial charge in [0.25, 0.3) is 5.91 Å². The summed E-state index contributed by atoms with van der Waals surface area (Å²) in [7, 11) is 3.88. The molecule has 2 amide bonds. The number of likely N-dealkylation sites (N-methyl/N-ethyl adjacent to an activating group) is 1. The molecule has 0 aliphatic carbocycles. The summed E-state index contributed by atoms with van der Waals surface area (Å²) in [5.74, 6) is -0.201. The van der Waals surface area contributed by atoms with Crippen molar-refractivity contribution in [1.29, 1.82) is 0 Å². The van der Waals surface area contributed by atoms with Gasteiger partial charge in [-0.2, -0.15) is 0 Å². The van der Waals surface area contributed by atoms with Crippen molar-refractivity contribution >= 4 is 29.3 Å². The molecule has 0 spiro atoms. The van der Waals surface area contributed by atoms with Crippen molar-refractivity contribution < 1.29 is 14.3 Å². The number of amides is 2. The lowest BCUT2D eigenvalue weighted by molar-refractivity contribution is 0.0635. The molecule has 0 fully saturated rings. The van der Waals surface area contributed by atoms with Crippen molar-refractivity contribution in [3.8, 4) is 0 Å². The van der Waals surface area contributed by atoms with Crippen LogP contribution in [0.2, 0.25) is 5.02 Å². The largest absolute Gasteiger partial charge is 0.444 e. The number of anilines is 1. The topological polar surface area (TPSA) is 70.7 Å². The van der Waals surface area contributed by atoms with E-state index in [1.165, 1.54) is 0 Å². The molecule has 2 aromatic rings. The zero-order valence-electron chi connectivity index (χ0n) is 17.5. The van der Waals surface area contributed by atoms with Gasteiger partial charge >= 0.3 is 6.09 Å². The Bertz CT molecular complexity index is 845. The van der Waals surface area contributed by atoms with E-state index in [2.05, 4.69) is 10.6 Å². The van der Waals surface area contributed by atoms with Crippen molar-refractivity contribution in [2.24, 2.45) is 0 Å². The lowest BCUT2D eigenvalue weighted by Crippen LogP contribution is -2.34. The highest BCUT2D eigenvalue weighted by Gasteiger charge is 2.19. The Hall–Kier alpha value is -2.57. The van der Waals surface area contributed by atoms with Crippen LogP contribution in [-0.2, 0) is 4.74 Å². The van der Waals surface area contributed by atoms with Gasteiger partial charge in [-0.15, -0.1) is 0 Å². The summed E-state index contributed by atoms with van der Waals surface area (Å²) in [6.07, 6.45) is -0.539. The van der Waals surface area contributed by atoms with Gasteiger partial charge in [-0.1, -0.05) is 29.8 Å². The minimum atomic E-state index is -0.575. The van der Waals surface area contributed by atoms with Gasteiger partial charge in [-0.05, 0) is 70.8 Å². The van der Waals surface area contributed by atoms with Gasteiger partial charge in [0.2, 0.25) is 0 Å². The van der Waals surface area contributed by atoms with Crippen LogP contribution in [-0.4, -0.2) is 43.1 Å². The van der Waals surface area contributed by atoms with E-state index in [0.717, 1.165) is 5.56 Å². The quantitative estimate of drug-likeness (QED) is 0.713. The Balaban J connectivity index is 1.98. The first kappa shape index (κ1) is 22.7. The smallest absolute Gasteiger partial charge is 0.412 e. The summed E-state index contributed by atoms with van der Waals surface area (Å²) < 4.78 is 5.21. The summed E-state index contributed by atoms with van der Waals surface area (Å²) >= 11 is 6.31. The zero-order valence-corrected chi connectivity index (χ0v) is 18.2. The summed E-state index contributed by atoms with van der Waals surface area (Å²) in [5, 5.41) is 6.25. The molecule has 2 N–H and O–H groups in total. The second-order valence-electron chi connectivity index (χ2n) is 7.92. The highest BCUT2D eigenvalue weighted by atomic mass is 35.5. The number of rotatable bonds is 6. The lowest BCUT2D eigenvalue weighted by atomic mass is 10.1. The molecule has 0 aliphatic rings. The molecule has 2 rings (SSSR count). The average Bonchev–Trinajstić information content (AvgIpc) is 2.62. The molecule has 156 valence electrons. The predicted molar refractivity (Wildman–Crippen MR) is 117 cm³/mol. The van der Waals surface area contributed by atoms with E-state index in [4.69, 9.17) is 16.3 Å². The number of hydrogen-bond donors (Lipinski definition) is 2. The fraction of sp³-hybridized carbons (Fsp3) is 0.364. The number of halogens is 1. The fourth-order valence-electron chi connectivity index (χ4n) is 2.73. The average molecular weight is 418 g/mol. The first-order valence-corrected chi connectivity index (χ1v) is 9.74. The Labute approximate surface area is 177 Å². The van der Waals surface area contributed by atoms with Crippen LogP contribution in [0, 0.1) is 0 Å². The monoisotopic (exact) mass is 417 g/mol. The molecular formula is C22H28ClN3O3.